The molecule has 25 heavy (non-hydrogen) atoms. The molecule has 0 saturated carbocycles. The molecule has 0 saturated heterocycles. The molecule has 1 aromatic heterocycles. The number of aryl methyl sites for hydroxylation is 1. The van der Waals surface area contributed by atoms with E-state index >= 15 is 0 Å². The minimum atomic E-state index is -0.509. The fraction of sp³-hybridized carbons (Fsp3) is 0.353. The number of carbonyl (C=O) groups is 2. The second-order valence-corrected chi connectivity index (χ2v) is 5.92. The van der Waals surface area contributed by atoms with Crippen LogP contribution in [0.5, 0.6) is 0 Å². The topological polar surface area (TPSA) is 105 Å². The van der Waals surface area contributed by atoms with Gasteiger partial charge in [-0.3, -0.25) is 10.1 Å². The molecule has 8 heteroatoms. The normalized spacial score (nSPS) is 10.4. The van der Waals surface area contributed by atoms with Crippen LogP contribution < -0.4 is 16.0 Å². The molecule has 3 N–H and O–H groups in total. The third-order valence-corrected chi connectivity index (χ3v) is 3.01. The molecule has 0 unspecified atom stereocenters. The molecule has 8 nitrogen and oxygen atoms in total. The number of carbonyl (C=O) groups excluding carboxylic acids is 2. The SMILES string of the molecule is Cc1cc(NC(=O)CNc2cccc(NC(=O)OCC(C)C)c2)no1. The van der Waals surface area contributed by atoms with Crippen LogP contribution >= 0.6 is 0 Å². The Morgan fingerprint density at radius 1 is 1.20 bits per heavy atom. The molecule has 2 amide bonds. The van der Waals surface area contributed by atoms with E-state index in [9.17, 15) is 9.59 Å². The maximum Gasteiger partial charge on any atom is 0.411 e. The number of hydrogen-bond acceptors (Lipinski definition) is 6. The zero-order valence-corrected chi connectivity index (χ0v) is 14.5. The van der Waals surface area contributed by atoms with Crippen molar-refractivity contribution in [3.05, 3.63) is 36.1 Å². The van der Waals surface area contributed by atoms with E-state index in [1.807, 2.05) is 13.8 Å². The van der Waals surface area contributed by atoms with E-state index < -0.39 is 6.09 Å². The molecule has 1 heterocycles. The van der Waals surface area contributed by atoms with Crippen molar-refractivity contribution in [1.82, 2.24) is 5.16 Å². The van der Waals surface area contributed by atoms with E-state index in [-0.39, 0.29) is 18.4 Å². The number of ether oxygens (including phenoxy) is 1. The summed E-state index contributed by atoms with van der Waals surface area (Å²) < 4.78 is 9.94. The number of amides is 2. The van der Waals surface area contributed by atoms with Crippen LogP contribution in [0.3, 0.4) is 0 Å². The Labute approximate surface area is 145 Å². The van der Waals surface area contributed by atoms with Crippen molar-refractivity contribution in [3.63, 3.8) is 0 Å². The lowest BCUT2D eigenvalue weighted by Gasteiger charge is -2.10. The van der Waals surface area contributed by atoms with Crippen molar-refractivity contribution in [3.8, 4) is 0 Å². The number of benzene rings is 1. The molecule has 0 bridgehead atoms. The van der Waals surface area contributed by atoms with Crippen LogP contribution in [-0.2, 0) is 9.53 Å². The van der Waals surface area contributed by atoms with Gasteiger partial charge < -0.3 is 19.9 Å². The van der Waals surface area contributed by atoms with Gasteiger partial charge in [0.15, 0.2) is 5.82 Å². The van der Waals surface area contributed by atoms with Gasteiger partial charge >= 0.3 is 6.09 Å². The van der Waals surface area contributed by atoms with Crippen molar-refractivity contribution < 1.29 is 18.8 Å². The molecule has 0 atom stereocenters. The van der Waals surface area contributed by atoms with Gasteiger partial charge in [0.1, 0.15) is 5.76 Å². The second-order valence-electron chi connectivity index (χ2n) is 5.92. The van der Waals surface area contributed by atoms with Gasteiger partial charge in [0.2, 0.25) is 5.91 Å². The Balaban J connectivity index is 1.82. The summed E-state index contributed by atoms with van der Waals surface area (Å²) in [6.45, 7) is 6.07. The number of rotatable bonds is 7. The zero-order valence-electron chi connectivity index (χ0n) is 14.5. The zero-order chi connectivity index (χ0) is 18.2. The van der Waals surface area contributed by atoms with Crippen LogP contribution in [0.2, 0.25) is 0 Å². The monoisotopic (exact) mass is 346 g/mol. The highest BCUT2D eigenvalue weighted by atomic mass is 16.5. The molecule has 2 rings (SSSR count). The van der Waals surface area contributed by atoms with Crippen LogP contribution in [0.1, 0.15) is 19.6 Å². The average Bonchev–Trinajstić information content (AvgIpc) is 2.96. The van der Waals surface area contributed by atoms with Crippen LogP contribution in [0.15, 0.2) is 34.9 Å². The summed E-state index contributed by atoms with van der Waals surface area (Å²) in [5.41, 5.74) is 1.26. The van der Waals surface area contributed by atoms with Gasteiger partial charge in [-0.1, -0.05) is 25.1 Å². The summed E-state index contributed by atoms with van der Waals surface area (Å²) >= 11 is 0. The summed E-state index contributed by atoms with van der Waals surface area (Å²) in [5, 5.41) is 11.9. The van der Waals surface area contributed by atoms with Crippen LogP contribution in [0, 0.1) is 12.8 Å². The first-order valence-electron chi connectivity index (χ1n) is 7.93. The first-order chi connectivity index (χ1) is 11.9. The molecular weight excluding hydrogens is 324 g/mol. The lowest BCUT2D eigenvalue weighted by atomic mass is 10.2. The molecule has 0 spiro atoms. The predicted molar refractivity (Wildman–Crippen MR) is 94.6 cm³/mol. The van der Waals surface area contributed by atoms with Gasteiger partial charge in [0.05, 0.1) is 13.2 Å². The number of anilines is 3. The van der Waals surface area contributed by atoms with Crippen molar-refractivity contribution in [2.45, 2.75) is 20.8 Å². The largest absolute Gasteiger partial charge is 0.449 e. The van der Waals surface area contributed by atoms with Crippen LogP contribution in [-0.4, -0.2) is 30.3 Å². The third-order valence-electron chi connectivity index (χ3n) is 3.01. The molecule has 0 aliphatic rings. The number of nitrogens with zero attached hydrogens (tertiary/aromatic N) is 1. The maximum absolute atomic E-state index is 11.9. The van der Waals surface area contributed by atoms with Crippen molar-refractivity contribution in [2.24, 2.45) is 5.92 Å². The van der Waals surface area contributed by atoms with Crippen LogP contribution in [0.4, 0.5) is 22.0 Å². The summed E-state index contributed by atoms with van der Waals surface area (Å²) in [5.74, 6) is 0.993. The smallest absolute Gasteiger partial charge is 0.411 e. The minimum absolute atomic E-state index is 0.0488. The van der Waals surface area contributed by atoms with E-state index in [0.717, 1.165) is 0 Å². The van der Waals surface area contributed by atoms with Gasteiger partial charge in [-0.2, -0.15) is 0 Å². The van der Waals surface area contributed by atoms with Gasteiger partial charge in [-0.25, -0.2) is 4.79 Å². The standard InChI is InChI=1S/C17H22N4O4/c1-11(2)10-24-17(23)19-14-6-4-5-13(8-14)18-9-16(22)20-15-7-12(3)25-21-15/h4-8,11,18H,9-10H2,1-3H3,(H,19,23)(H,20,21,22). The fourth-order valence-corrected chi connectivity index (χ4v) is 1.90. The van der Waals surface area contributed by atoms with E-state index in [4.69, 9.17) is 9.26 Å². The highest BCUT2D eigenvalue weighted by molar-refractivity contribution is 5.93. The molecular formula is C17H22N4O4. The Morgan fingerprint density at radius 2 is 1.96 bits per heavy atom. The molecule has 134 valence electrons. The number of nitrogens with one attached hydrogen (secondary N) is 3. The molecule has 0 aliphatic carbocycles. The molecule has 2 aromatic rings. The Kier molecular flexibility index (Phi) is 6.39. The van der Waals surface area contributed by atoms with Crippen molar-refractivity contribution >= 4 is 29.2 Å². The lowest BCUT2D eigenvalue weighted by Crippen LogP contribution is -2.22. The highest BCUT2D eigenvalue weighted by Gasteiger charge is 2.07. The quantitative estimate of drug-likeness (QED) is 0.711. The van der Waals surface area contributed by atoms with Gasteiger partial charge in [0, 0.05) is 17.4 Å². The van der Waals surface area contributed by atoms with Crippen molar-refractivity contribution in [2.75, 3.05) is 29.1 Å². The second kappa shape index (κ2) is 8.72. The van der Waals surface area contributed by atoms with E-state index in [1.54, 1.807) is 37.3 Å². The lowest BCUT2D eigenvalue weighted by molar-refractivity contribution is -0.114. The van der Waals surface area contributed by atoms with Gasteiger partial charge in [-0.05, 0) is 31.0 Å². The molecule has 0 aliphatic heterocycles. The van der Waals surface area contributed by atoms with Crippen molar-refractivity contribution in [1.29, 1.82) is 0 Å². The Morgan fingerprint density at radius 3 is 2.64 bits per heavy atom. The Hall–Kier alpha value is -3.03. The third kappa shape index (κ3) is 6.54. The van der Waals surface area contributed by atoms with E-state index in [1.165, 1.54) is 0 Å². The number of hydrogen-bond donors (Lipinski definition) is 3. The van der Waals surface area contributed by atoms with Gasteiger partial charge in [-0.15, -0.1) is 0 Å². The fourth-order valence-electron chi connectivity index (χ4n) is 1.90. The molecule has 0 radical (unpaired) electrons. The first-order valence-corrected chi connectivity index (χ1v) is 7.93. The Bertz CT molecular complexity index is 727. The van der Waals surface area contributed by atoms with Gasteiger partial charge in [0.25, 0.3) is 0 Å². The maximum atomic E-state index is 11.9. The summed E-state index contributed by atoms with van der Waals surface area (Å²) in [6.07, 6.45) is -0.509. The predicted octanol–water partition coefficient (Wildman–Crippen LogP) is 3.24. The van der Waals surface area contributed by atoms with E-state index in [0.29, 0.717) is 29.6 Å². The highest BCUT2D eigenvalue weighted by Crippen LogP contribution is 2.15. The average molecular weight is 346 g/mol. The summed E-state index contributed by atoms with van der Waals surface area (Å²) in [6, 6.07) is 8.63. The summed E-state index contributed by atoms with van der Waals surface area (Å²) in [4.78, 5) is 23.5. The molecule has 0 fully saturated rings. The summed E-state index contributed by atoms with van der Waals surface area (Å²) in [7, 11) is 0. The molecule has 1 aromatic carbocycles. The van der Waals surface area contributed by atoms with E-state index in [2.05, 4.69) is 21.1 Å². The van der Waals surface area contributed by atoms with Crippen LogP contribution in [0.25, 0.3) is 0 Å². The minimum Gasteiger partial charge on any atom is -0.449 e. The first kappa shape index (κ1) is 18.3. The number of aromatic nitrogens is 1.